The van der Waals surface area contributed by atoms with Crippen LogP contribution in [0.15, 0.2) is 72.9 Å². The number of rotatable bonds is 5. The molecule has 0 radical (unpaired) electrons. The number of hydrogen-bond donors (Lipinski definition) is 1. The Hall–Kier alpha value is -3.13. The number of fused-ring (bicyclic) bond motifs is 1. The third-order valence-corrected chi connectivity index (χ3v) is 5.09. The SMILES string of the molecule is CCc1ccc(C(=O)Cc2cc(C)cc(-c3cccc4[nH]ccc34)c2)cc1. The van der Waals surface area contributed by atoms with Crippen molar-refractivity contribution in [3.05, 3.63) is 95.2 Å². The van der Waals surface area contributed by atoms with E-state index < -0.39 is 0 Å². The van der Waals surface area contributed by atoms with E-state index in [1.54, 1.807) is 0 Å². The molecule has 2 heteroatoms. The van der Waals surface area contributed by atoms with Gasteiger partial charge in [-0.3, -0.25) is 4.79 Å². The van der Waals surface area contributed by atoms with E-state index in [1.807, 2.05) is 30.5 Å². The van der Waals surface area contributed by atoms with Gasteiger partial charge in [-0.2, -0.15) is 0 Å². The fourth-order valence-electron chi connectivity index (χ4n) is 3.67. The summed E-state index contributed by atoms with van der Waals surface area (Å²) in [6.45, 7) is 4.21. The minimum Gasteiger partial charge on any atom is -0.361 e. The van der Waals surface area contributed by atoms with Crippen molar-refractivity contribution in [2.24, 2.45) is 0 Å². The number of benzene rings is 3. The van der Waals surface area contributed by atoms with Crippen LogP contribution >= 0.6 is 0 Å². The average Bonchev–Trinajstić information content (AvgIpc) is 3.16. The lowest BCUT2D eigenvalue weighted by atomic mass is 9.94. The first-order valence-corrected chi connectivity index (χ1v) is 9.43. The molecule has 27 heavy (non-hydrogen) atoms. The molecule has 1 N–H and O–H groups in total. The zero-order valence-electron chi connectivity index (χ0n) is 15.8. The second-order valence-electron chi connectivity index (χ2n) is 7.10. The first kappa shape index (κ1) is 17.3. The van der Waals surface area contributed by atoms with Crippen LogP contribution in [0.2, 0.25) is 0 Å². The summed E-state index contributed by atoms with van der Waals surface area (Å²) in [5.74, 6) is 0.161. The highest BCUT2D eigenvalue weighted by Gasteiger charge is 2.11. The fourth-order valence-corrected chi connectivity index (χ4v) is 3.67. The lowest BCUT2D eigenvalue weighted by Gasteiger charge is -2.09. The van der Waals surface area contributed by atoms with Crippen LogP contribution in [-0.2, 0) is 12.8 Å². The summed E-state index contributed by atoms with van der Waals surface area (Å²) in [4.78, 5) is 16.0. The molecule has 4 aromatic rings. The third-order valence-electron chi connectivity index (χ3n) is 5.09. The molecule has 3 aromatic carbocycles. The Balaban J connectivity index is 1.66. The zero-order valence-corrected chi connectivity index (χ0v) is 15.8. The van der Waals surface area contributed by atoms with Crippen LogP contribution in [0.25, 0.3) is 22.0 Å². The molecule has 2 nitrogen and oxygen atoms in total. The predicted molar refractivity (Wildman–Crippen MR) is 112 cm³/mol. The van der Waals surface area contributed by atoms with Crippen LogP contribution in [0.5, 0.6) is 0 Å². The molecule has 1 aromatic heterocycles. The Bertz CT molecular complexity index is 1100. The number of aromatic nitrogens is 1. The van der Waals surface area contributed by atoms with E-state index in [0.29, 0.717) is 6.42 Å². The van der Waals surface area contributed by atoms with Crippen molar-refractivity contribution in [3.8, 4) is 11.1 Å². The van der Waals surface area contributed by atoms with Gasteiger partial charge in [0.05, 0.1) is 0 Å². The highest BCUT2D eigenvalue weighted by atomic mass is 16.1. The van der Waals surface area contributed by atoms with Gasteiger partial charge in [0.2, 0.25) is 0 Å². The molecular formula is C25H23NO. The maximum absolute atomic E-state index is 12.7. The molecule has 4 rings (SSSR count). The van der Waals surface area contributed by atoms with Gasteiger partial charge in [0, 0.05) is 29.1 Å². The molecule has 0 amide bonds. The zero-order chi connectivity index (χ0) is 18.8. The lowest BCUT2D eigenvalue weighted by Crippen LogP contribution is -2.04. The van der Waals surface area contributed by atoms with Crippen LogP contribution in [0, 0.1) is 6.92 Å². The van der Waals surface area contributed by atoms with E-state index >= 15 is 0 Å². The monoisotopic (exact) mass is 353 g/mol. The van der Waals surface area contributed by atoms with Gasteiger partial charge in [0.25, 0.3) is 0 Å². The Morgan fingerprint density at radius 1 is 0.926 bits per heavy atom. The summed E-state index contributed by atoms with van der Waals surface area (Å²) in [6, 6.07) is 22.8. The molecule has 0 spiro atoms. The van der Waals surface area contributed by atoms with Gasteiger partial charge in [-0.15, -0.1) is 0 Å². The van der Waals surface area contributed by atoms with E-state index in [9.17, 15) is 4.79 Å². The summed E-state index contributed by atoms with van der Waals surface area (Å²) in [5, 5.41) is 1.20. The lowest BCUT2D eigenvalue weighted by molar-refractivity contribution is 0.0993. The number of nitrogens with one attached hydrogen (secondary N) is 1. The van der Waals surface area contributed by atoms with Gasteiger partial charge in [0.1, 0.15) is 0 Å². The molecule has 0 saturated heterocycles. The Kier molecular flexibility index (Phi) is 4.64. The largest absolute Gasteiger partial charge is 0.361 e. The van der Waals surface area contributed by atoms with Crippen LogP contribution in [0.4, 0.5) is 0 Å². The van der Waals surface area contributed by atoms with Crippen LogP contribution in [0.3, 0.4) is 0 Å². The highest BCUT2D eigenvalue weighted by Crippen LogP contribution is 2.30. The molecule has 0 saturated carbocycles. The van der Waals surface area contributed by atoms with Gasteiger partial charge >= 0.3 is 0 Å². The van der Waals surface area contributed by atoms with Crippen molar-refractivity contribution in [1.82, 2.24) is 4.98 Å². The predicted octanol–water partition coefficient (Wildman–Crippen LogP) is 6.13. The Morgan fingerprint density at radius 3 is 2.52 bits per heavy atom. The number of H-pyrrole nitrogens is 1. The van der Waals surface area contributed by atoms with Crippen molar-refractivity contribution in [2.45, 2.75) is 26.7 Å². The second kappa shape index (κ2) is 7.24. The van der Waals surface area contributed by atoms with Gasteiger partial charge in [0.15, 0.2) is 5.78 Å². The minimum absolute atomic E-state index is 0.161. The van der Waals surface area contributed by atoms with Crippen molar-refractivity contribution >= 4 is 16.7 Å². The summed E-state index contributed by atoms with van der Waals surface area (Å²) < 4.78 is 0. The van der Waals surface area contributed by atoms with Gasteiger partial charge in [-0.1, -0.05) is 67.1 Å². The van der Waals surface area contributed by atoms with Crippen LogP contribution < -0.4 is 0 Å². The molecule has 134 valence electrons. The second-order valence-corrected chi connectivity index (χ2v) is 7.10. The molecule has 0 aliphatic carbocycles. The topological polar surface area (TPSA) is 32.9 Å². The molecule has 0 aliphatic heterocycles. The maximum atomic E-state index is 12.7. The summed E-state index contributed by atoms with van der Waals surface area (Å²) in [7, 11) is 0. The van der Waals surface area contributed by atoms with Gasteiger partial charge in [-0.05, 0) is 47.7 Å². The van der Waals surface area contributed by atoms with Crippen LogP contribution in [-0.4, -0.2) is 10.8 Å². The Labute approximate surface area is 159 Å². The highest BCUT2D eigenvalue weighted by molar-refractivity contribution is 5.98. The average molecular weight is 353 g/mol. The van der Waals surface area contributed by atoms with E-state index in [2.05, 4.69) is 61.3 Å². The van der Waals surface area contributed by atoms with E-state index in [-0.39, 0.29) is 5.78 Å². The summed E-state index contributed by atoms with van der Waals surface area (Å²) in [5.41, 5.74) is 7.74. The van der Waals surface area contributed by atoms with E-state index in [4.69, 9.17) is 0 Å². The summed E-state index contributed by atoms with van der Waals surface area (Å²) in [6.07, 6.45) is 3.37. The fraction of sp³-hybridized carbons (Fsp3) is 0.160. The molecule has 1 heterocycles. The first-order valence-electron chi connectivity index (χ1n) is 9.43. The minimum atomic E-state index is 0.161. The quantitative estimate of drug-likeness (QED) is 0.430. The first-order chi connectivity index (χ1) is 13.1. The molecule has 0 unspecified atom stereocenters. The number of hydrogen-bond acceptors (Lipinski definition) is 1. The van der Waals surface area contributed by atoms with Gasteiger partial charge in [-0.25, -0.2) is 0 Å². The normalized spacial score (nSPS) is 11.0. The van der Waals surface area contributed by atoms with E-state index in [0.717, 1.165) is 28.6 Å². The molecule has 0 aliphatic rings. The smallest absolute Gasteiger partial charge is 0.167 e. The third kappa shape index (κ3) is 3.56. The molecule has 0 fully saturated rings. The molecule has 0 bridgehead atoms. The number of ketones is 1. The van der Waals surface area contributed by atoms with Gasteiger partial charge < -0.3 is 4.98 Å². The van der Waals surface area contributed by atoms with Crippen molar-refractivity contribution in [1.29, 1.82) is 0 Å². The number of aryl methyl sites for hydroxylation is 2. The maximum Gasteiger partial charge on any atom is 0.167 e. The number of aromatic amines is 1. The van der Waals surface area contributed by atoms with Crippen molar-refractivity contribution in [3.63, 3.8) is 0 Å². The summed E-state index contributed by atoms with van der Waals surface area (Å²) >= 11 is 0. The Morgan fingerprint density at radius 2 is 1.74 bits per heavy atom. The molecule has 0 atom stereocenters. The van der Waals surface area contributed by atoms with E-state index in [1.165, 1.54) is 22.1 Å². The van der Waals surface area contributed by atoms with Crippen molar-refractivity contribution in [2.75, 3.05) is 0 Å². The number of carbonyl (C=O) groups is 1. The molecular weight excluding hydrogens is 330 g/mol. The van der Waals surface area contributed by atoms with Crippen molar-refractivity contribution < 1.29 is 4.79 Å². The number of carbonyl (C=O) groups excluding carboxylic acids is 1. The number of Topliss-reactive ketones (excluding diaryl/α,β-unsaturated/α-hetero) is 1. The van der Waals surface area contributed by atoms with Crippen LogP contribution in [0.1, 0.15) is 34.0 Å². The standard InChI is InChI=1S/C25H23NO/c1-3-18-7-9-20(10-8-18)25(27)16-19-13-17(2)14-21(15-19)22-5-4-6-24-23(22)11-12-26-24/h4-15,26H,3,16H2,1-2H3.